The van der Waals surface area contributed by atoms with Gasteiger partial charge in [0, 0.05) is 74.2 Å². The average Bonchev–Trinajstić information content (AvgIpc) is 1.68. The van der Waals surface area contributed by atoms with Crippen LogP contribution in [-0.4, -0.2) is 0 Å². The van der Waals surface area contributed by atoms with Crippen LogP contribution in [0.25, 0.3) is 0 Å². The fourth-order valence-corrected chi connectivity index (χ4v) is 20.0. The summed E-state index contributed by atoms with van der Waals surface area (Å²) in [6.45, 7) is 76.9. The highest BCUT2D eigenvalue weighted by Crippen LogP contribution is 2.37. The Morgan fingerprint density at radius 1 is 0.252 bits per heavy atom. The summed E-state index contributed by atoms with van der Waals surface area (Å²) >= 11 is 19.0. The fourth-order valence-electron chi connectivity index (χ4n) is 9.56. The molecule has 0 spiro atoms. The third kappa shape index (κ3) is 32.6. The Kier molecular flexibility index (Phi) is 44.1. The molecule has 0 N–H and O–H groups in total. The number of hydrogen-bond donors (Lipinski definition) is 0. The summed E-state index contributed by atoms with van der Waals surface area (Å²) in [6.07, 6.45) is -4.19. The first-order valence-electron chi connectivity index (χ1n) is 35.4. The number of halogens is 5. The summed E-state index contributed by atoms with van der Waals surface area (Å²) in [6, 6.07) is 3.55. The van der Waals surface area contributed by atoms with Gasteiger partial charge in [0.05, 0.1) is 5.56 Å². The second kappa shape index (κ2) is 46.7. The lowest BCUT2D eigenvalue weighted by Crippen LogP contribution is -2.04. The van der Waals surface area contributed by atoms with E-state index < -0.39 is 11.7 Å². The molecule has 0 aliphatic carbocycles. The second-order valence-corrected chi connectivity index (χ2v) is 40.5. The molecule has 0 saturated carbocycles. The number of alkyl halides is 3. The van der Waals surface area contributed by atoms with Crippen molar-refractivity contribution in [2.75, 3.05) is 0 Å². The molecular formula is C87H125F5S11. The molecule has 0 unspecified atom stereocenters. The van der Waals surface area contributed by atoms with E-state index in [1.165, 1.54) is 180 Å². The summed E-state index contributed by atoms with van der Waals surface area (Å²) in [7, 11) is 0. The maximum Gasteiger partial charge on any atom is 0.417 e. The van der Waals surface area contributed by atoms with Gasteiger partial charge in [-0.3, -0.25) is 0 Å². The minimum Gasteiger partial charge on any atom is -0.206 e. The smallest absolute Gasteiger partial charge is 0.206 e. The van der Waals surface area contributed by atoms with Gasteiger partial charge >= 0.3 is 6.18 Å². The summed E-state index contributed by atoms with van der Waals surface area (Å²) in [4.78, 5) is 16.6. The van der Waals surface area contributed by atoms with E-state index in [2.05, 4.69) is 251 Å². The quantitative estimate of drug-likeness (QED) is 0.146. The number of hydrogen-bond acceptors (Lipinski definition) is 11. The van der Waals surface area contributed by atoms with Gasteiger partial charge < -0.3 is 0 Å². The van der Waals surface area contributed by atoms with Gasteiger partial charge in [-0.05, 0) is 346 Å². The van der Waals surface area contributed by atoms with Crippen molar-refractivity contribution >= 4 is 125 Å². The van der Waals surface area contributed by atoms with Gasteiger partial charge in [0.15, 0.2) is 0 Å². The maximum absolute atomic E-state index is 12.3. The highest BCUT2D eigenvalue weighted by atomic mass is 32.1. The zero-order valence-corrected chi connectivity index (χ0v) is 78.2. The molecule has 0 amide bonds. The number of rotatable bonds is 6. The summed E-state index contributed by atoms with van der Waals surface area (Å²) < 4.78 is 60.9. The van der Waals surface area contributed by atoms with Crippen LogP contribution >= 0.6 is 125 Å². The van der Waals surface area contributed by atoms with Gasteiger partial charge in [-0.2, -0.15) is 13.2 Å². The third-order valence-corrected chi connectivity index (χ3v) is 30.9. The third-order valence-electron chi connectivity index (χ3n) is 18.1. The minimum absolute atomic E-state index is 0.0764. The topological polar surface area (TPSA) is 0 Å². The molecule has 0 saturated heterocycles. The van der Waals surface area contributed by atoms with Gasteiger partial charge in [0.25, 0.3) is 0 Å². The maximum atomic E-state index is 12.3. The van der Waals surface area contributed by atoms with Gasteiger partial charge in [-0.25, -0.2) is 8.78 Å². The number of thiophene rings is 11. The molecule has 0 bridgehead atoms. The lowest BCUT2D eigenvalue weighted by molar-refractivity contribution is -0.137. The first-order valence-corrected chi connectivity index (χ1v) is 44.9. The molecule has 11 heterocycles. The summed E-state index contributed by atoms with van der Waals surface area (Å²) in [5, 5.41) is 18.7. The first-order chi connectivity index (χ1) is 47.5. The van der Waals surface area contributed by atoms with Crippen LogP contribution in [0.5, 0.6) is 0 Å². The molecule has 574 valence electrons. The predicted molar refractivity (Wildman–Crippen MR) is 471 cm³/mol. The number of aryl methyl sites for hydroxylation is 15. The normalized spacial score (nSPS) is 10.7. The van der Waals surface area contributed by atoms with Crippen molar-refractivity contribution in [2.24, 2.45) is 0 Å². The van der Waals surface area contributed by atoms with E-state index in [1.807, 2.05) is 105 Å². The average molecular weight is 1620 g/mol. The van der Waals surface area contributed by atoms with E-state index >= 15 is 0 Å². The van der Waals surface area contributed by atoms with Crippen LogP contribution in [0.15, 0.2) is 60.6 Å². The van der Waals surface area contributed by atoms with Crippen molar-refractivity contribution in [3.05, 3.63) is 236 Å². The molecule has 16 heteroatoms. The molecule has 0 aliphatic rings. The van der Waals surface area contributed by atoms with Gasteiger partial charge in [0.2, 0.25) is 0 Å². The SMILES string of the molecule is Cc1c(C(C)C)csc1C(C)C.Cc1cc(C(F)(F)F)c(C)s1.Cc1csc(C(C)C)c1C.Cc1csc(C)c1C.Cc1csc(C)c1C.Cc1csc(C)c1C.Cc1csc(C)c1C.Cc1sc(C(C)C)cc1C(C)C.Cc1scc(C(C)C)c1C.Cc1scc(F)c1C.Cc1scc(F)c1C. The van der Waals surface area contributed by atoms with Crippen molar-refractivity contribution in [3.8, 4) is 0 Å². The minimum atomic E-state index is -4.19. The van der Waals surface area contributed by atoms with Crippen molar-refractivity contribution in [1.29, 1.82) is 0 Å². The van der Waals surface area contributed by atoms with Crippen LogP contribution in [0.4, 0.5) is 22.0 Å². The van der Waals surface area contributed by atoms with Crippen LogP contribution in [-0.2, 0) is 6.18 Å². The largest absolute Gasteiger partial charge is 0.417 e. The van der Waals surface area contributed by atoms with E-state index in [-0.39, 0.29) is 11.6 Å². The van der Waals surface area contributed by atoms with Crippen molar-refractivity contribution in [1.82, 2.24) is 0 Å². The van der Waals surface area contributed by atoms with Crippen LogP contribution in [0, 0.1) is 178 Å². The Morgan fingerprint density at radius 2 is 0.534 bits per heavy atom. The van der Waals surface area contributed by atoms with E-state index in [4.69, 9.17) is 0 Å². The molecule has 0 radical (unpaired) electrons. The molecule has 0 aromatic carbocycles. The van der Waals surface area contributed by atoms with Crippen LogP contribution in [0.2, 0.25) is 0 Å². The van der Waals surface area contributed by atoms with E-state index in [0.717, 1.165) is 20.9 Å². The lowest BCUT2D eigenvalue weighted by atomic mass is 9.99. The Bertz CT molecular complexity index is 3650. The van der Waals surface area contributed by atoms with Crippen molar-refractivity contribution in [2.45, 2.75) is 291 Å². The first kappa shape index (κ1) is 97.4. The van der Waals surface area contributed by atoms with Gasteiger partial charge in [-0.1, -0.05) is 83.1 Å². The zero-order valence-electron chi connectivity index (χ0n) is 69.2. The van der Waals surface area contributed by atoms with Crippen LogP contribution in [0.3, 0.4) is 0 Å². The molecular weight excluding hydrogens is 1490 g/mol. The second-order valence-electron chi connectivity index (χ2n) is 28.3. The standard InChI is InChI=1S/2C11H18S.2C9H14S.C7H7F3S.4C7H10S.2C6H7FS/c1-7(2)10-6-12-11(8(3)4)9(10)5;1-7(2)10-6-11(8(3)4)12-9(10)5;1-6(2)9-5-10-8(4)7(9)3;1-6(2)9-8(4)7(3)5-10-9;1-4-3-6(5(2)11-4)7(8,9)10;4*1-5-4-8-7(3)6(5)2;2*1-4-5(2)8-3-6(4)7/h2*6-8H,1-5H3;2*5-6H,1-4H3;3H,1-2H3;4*4H,1-3H3;2*3H,1-2H3. The molecule has 0 atom stereocenters. The highest BCUT2D eigenvalue weighted by molar-refractivity contribution is 7.13. The van der Waals surface area contributed by atoms with E-state index in [0.29, 0.717) is 45.3 Å². The van der Waals surface area contributed by atoms with Gasteiger partial charge in [-0.15, -0.1) is 125 Å². The predicted octanol–water partition coefficient (Wildman–Crippen LogP) is 34.7. The van der Waals surface area contributed by atoms with Crippen LogP contribution in [0.1, 0.15) is 282 Å². The van der Waals surface area contributed by atoms with Crippen molar-refractivity contribution < 1.29 is 22.0 Å². The zero-order chi connectivity index (χ0) is 79.6. The summed E-state index contributed by atoms with van der Waals surface area (Å²) in [5.74, 6) is 3.94. The fraction of sp³-hybridized carbons (Fsp3) is 0.494. The Labute approximate surface area is 667 Å². The molecule has 11 aromatic rings. The molecule has 0 nitrogen and oxygen atoms in total. The molecule has 11 rings (SSSR count). The molecule has 11 aromatic heterocycles. The monoisotopic (exact) mass is 1620 g/mol. The molecule has 103 heavy (non-hydrogen) atoms. The Morgan fingerprint density at radius 3 is 0.670 bits per heavy atom. The van der Waals surface area contributed by atoms with Crippen LogP contribution < -0.4 is 0 Å². The lowest BCUT2D eigenvalue weighted by Gasteiger charge is -2.06. The summed E-state index contributed by atoms with van der Waals surface area (Å²) in [5.41, 5.74) is 23.1. The Hall–Kier alpha value is -3.65. The van der Waals surface area contributed by atoms with E-state index in [9.17, 15) is 22.0 Å². The Balaban J connectivity index is 0.000000568. The van der Waals surface area contributed by atoms with Gasteiger partial charge in [0.1, 0.15) is 11.6 Å². The molecule has 0 fully saturated rings. The van der Waals surface area contributed by atoms with Crippen molar-refractivity contribution in [3.63, 3.8) is 0 Å². The van der Waals surface area contributed by atoms with E-state index in [1.54, 1.807) is 25.6 Å². The highest BCUT2D eigenvalue weighted by Gasteiger charge is 2.33. The molecule has 0 aliphatic heterocycles.